The first kappa shape index (κ1) is 21.2. The first-order valence-corrected chi connectivity index (χ1v) is 12.1. The second kappa shape index (κ2) is 9.45. The number of thiophene rings is 1. The smallest absolute Gasteiger partial charge is 0.270 e. The Morgan fingerprint density at radius 1 is 1.03 bits per heavy atom. The number of ether oxygens (including phenoxy) is 1. The number of piperazine rings is 1. The average molecular weight is 466 g/mol. The first-order chi connectivity index (χ1) is 15.7. The molecule has 0 amide bonds. The van der Waals surface area contributed by atoms with Crippen molar-refractivity contribution in [3.63, 3.8) is 0 Å². The van der Waals surface area contributed by atoms with Crippen LogP contribution in [0.4, 0.5) is 5.69 Å². The van der Waals surface area contributed by atoms with E-state index in [4.69, 9.17) is 16.3 Å². The Kier molecular flexibility index (Phi) is 6.26. The number of benzene rings is 2. The van der Waals surface area contributed by atoms with Crippen LogP contribution in [-0.4, -0.2) is 54.5 Å². The van der Waals surface area contributed by atoms with Crippen molar-refractivity contribution in [2.24, 2.45) is 0 Å². The second-order valence-corrected chi connectivity index (χ2v) is 9.23. The maximum Gasteiger partial charge on any atom is 0.270 e. The highest BCUT2D eigenvalue weighted by atomic mass is 35.5. The molecule has 0 unspecified atom stereocenters. The Hall–Kier alpha value is -2.67. The minimum absolute atomic E-state index is 0.220. The number of fused-ring (bicyclic) bond motifs is 2. The lowest BCUT2D eigenvalue weighted by Gasteiger charge is -2.36. The summed E-state index contributed by atoms with van der Waals surface area (Å²) in [7, 11) is 0. The lowest BCUT2D eigenvalue weighted by Crippen LogP contribution is -2.46. The largest absolute Gasteiger partial charge is 0.493 e. The number of halogens is 1. The van der Waals surface area contributed by atoms with Crippen LogP contribution in [0.5, 0.6) is 5.75 Å². The lowest BCUT2D eigenvalue weighted by atomic mass is 10.2. The number of para-hydroxylation sites is 1. The topological polar surface area (TPSA) is 45.7 Å². The molecule has 1 fully saturated rings. The predicted octanol–water partition coefficient (Wildman–Crippen LogP) is 5.42. The van der Waals surface area contributed by atoms with Gasteiger partial charge in [-0.05, 0) is 53.7 Å². The van der Waals surface area contributed by atoms with E-state index < -0.39 is 5.24 Å². The molecular weight excluding hydrogens is 442 g/mol. The molecule has 0 radical (unpaired) electrons. The summed E-state index contributed by atoms with van der Waals surface area (Å²) in [5, 5.41) is 3.85. The molecular formula is C25H24ClN3O2S. The molecule has 2 aromatic heterocycles. The third kappa shape index (κ3) is 4.44. The van der Waals surface area contributed by atoms with Crippen molar-refractivity contribution in [3.05, 3.63) is 65.7 Å². The molecule has 2 aromatic carbocycles. The fourth-order valence-corrected chi connectivity index (χ4v) is 5.20. The summed E-state index contributed by atoms with van der Waals surface area (Å²) < 4.78 is 7.40. The number of aromatic nitrogens is 1. The summed E-state index contributed by atoms with van der Waals surface area (Å²) >= 11 is 7.45. The fraction of sp³-hybridized carbons (Fsp3) is 0.280. The number of nitrogens with zero attached hydrogens (tertiary/aromatic N) is 3. The molecule has 0 aliphatic carbocycles. The second-order valence-electron chi connectivity index (χ2n) is 7.94. The number of carbonyl (C=O) groups is 1. The predicted molar refractivity (Wildman–Crippen MR) is 133 cm³/mol. The quantitative estimate of drug-likeness (QED) is 0.269. The Morgan fingerprint density at radius 3 is 2.72 bits per heavy atom. The van der Waals surface area contributed by atoms with E-state index >= 15 is 0 Å². The first-order valence-electron chi connectivity index (χ1n) is 10.8. The van der Waals surface area contributed by atoms with Gasteiger partial charge in [0.2, 0.25) is 0 Å². The van der Waals surface area contributed by atoms with Crippen LogP contribution in [0, 0.1) is 0 Å². The molecule has 0 saturated carbocycles. The van der Waals surface area contributed by atoms with E-state index in [2.05, 4.69) is 44.4 Å². The summed E-state index contributed by atoms with van der Waals surface area (Å²) in [6.07, 6.45) is 0.918. The number of anilines is 1. The van der Waals surface area contributed by atoms with Crippen LogP contribution in [0.25, 0.3) is 21.0 Å². The van der Waals surface area contributed by atoms with E-state index in [0.717, 1.165) is 44.5 Å². The molecule has 164 valence electrons. The standard InChI is InChI=1S/C25H24ClN3O2S/c26-25(30)21-17-23(18-5-1-2-6-20(18)27-21)31-15-4-10-28-11-13-29(14-12-28)22-7-3-8-24-19(22)9-16-32-24/h1-3,5-9,16-17H,4,10-15H2. The Morgan fingerprint density at radius 2 is 1.88 bits per heavy atom. The minimum atomic E-state index is -0.573. The third-order valence-electron chi connectivity index (χ3n) is 5.94. The molecule has 0 atom stereocenters. The van der Waals surface area contributed by atoms with Gasteiger partial charge in [-0.1, -0.05) is 18.2 Å². The van der Waals surface area contributed by atoms with E-state index in [9.17, 15) is 4.79 Å². The van der Waals surface area contributed by atoms with E-state index in [-0.39, 0.29) is 5.69 Å². The SMILES string of the molecule is O=C(Cl)c1cc(OCCCN2CCN(c3cccc4sccc34)CC2)c2ccccc2n1. The van der Waals surface area contributed by atoms with Gasteiger partial charge in [-0.3, -0.25) is 9.69 Å². The van der Waals surface area contributed by atoms with Crippen molar-refractivity contribution in [1.29, 1.82) is 0 Å². The van der Waals surface area contributed by atoms with Crippen LogP contribution in [0.3, 0.4) is 0 Å². The number of carbonyl (C=O) groups excluding carboxylic acids is 1. The van der Waals surface area contributed by atoms with Gasteiger partial charge >= 0.3 is 0 Å². The van der Waals surface area contributed by atoms with E-state index in [1.165, 1.54) is 15.8 Å². The highest BCUT2D eigenvalue weighted by molar-refractivity contribution is 7.17. The molecule has 1 aliphatic heterocycles. The number of pyridine rings is 1. The van der Waals surface area contributed by atoms with Gasteiger partial charge in [0.15, 0.2) is 0 Å². The Balaban J connectivity index is 1.15. The van der Waals surface area contributed by atoms with Gasteiger partial charge in [0.05, 0.1) is 12.1 Å². The highest BCUT2D eigenvalue weighted by Crippen LogP contribution is 2.31. The molecule has 7 heteroatoms. The zero-order chi connectivity index (χ0) is 21.9. The normalized spacial score (nSPS) is 14.8. The fourth-order valence-electron chi connectivity index (χ4n) is 4.30. The maximum atomic E-state index is 11.6. The van der Waals surface area contributed by atoms with Crippen LogP contribution in [-0.2, 0) is 0 Å². The van der Waals surface area contributed by atoms with Gasteiger partial charge in [-0.2, -0.15) is 0 Å². The van der Waals surface area contributed by atoms with Crippen molar-refractivity contribution < 1.29 is 9.53 Å². The van der Waals surface area contributed by atoms with E-state index in [1.54, 1.807) is 17.4 Å². The monoisotopic (exact) mass is 465 g/mol. The van der Waals surface area contributed by atoms with Crippen LogP contribution in [0.15, 0.2) is 60.0 Å². The average Bonchev–Trinajstić information content (AvgIpc) is 3.31. The third-order valence-corrected chi connectivity index (χ3v) is 7.02. The summed E-state index contributed by atoms with van der Waals surface area (Å²) in [4.78, 5) is 20.9. The van der Waals surface area contributed by atoms with Crippen LogP contribution in [0.1, 0.15) is 16.9 Å². The summed E-state index contributed by atoms with van der Waals surface area (Å²) in [6.45, 7) is 5.73. The molecule has 0 bridgehead atoms. The molecule has 1 aliphatic rings. The summed E-state index contributed by atoms with van der Waals surface area (Å²) in [5.41, 5.74) is 2.28. The molecule has 5 nitrogen and oxygen atoms in total. The van der Waals surface area contributed by atoms with Crippen molar-refractivity contribution in [1.82, 2.24) is 9.88 Å². The van der Waals surface area contributed by atoms with Gasteiger partial charge in [0.25, 0.3) is 5.24 Å². The van der Waals surface area contributed by atoms with Crippen LogP contribution < -0.4 is 9.64 Å². The number of hydrogen-bond donors (Lipinski definition) is 0. The van der Waals surface area contributed by atoms with Gasteiger partial charge in [0.1, 0.15) is 11.4 Å². The lowest BCUT2D eigenvalue weighted by molar-refractivity contribution is 0.107. The van der Waals surface area contributed by atoms with Crippen LogP contribution >= 0.6 is 22.9 Å². The van der Waals surface area contributed by atoms with Gasteiger partial charge in [-0.25, -0.2) is 4.98 Å². The van der Waals surface area contributed by atoms with Crippen molar-refractivity contribution in [2.45, 2.75) is 6.42 Å². The molecule has 32 heavy (non-hydrogen) atoms. The maximum absolute atomic E-state index is 11.6. The van der Waals surface area contributed by atoms with E-state index in [1.807, 2.05) is 24.3 Å². The molecule has 0 spiro atoms. The number of hydrogen-bond acceptors (Lipinski definition) is 6. The number of rotatable bonds is 7. The van der Waals surface area contributed by atoms with Crippen LogP contribution in [0.2, 0.25) is 0 Å². The van der Waals surface area contributed by atoms with Gasteiger partial charge < -0.3 is 9.64 Å². The molecule has 4 aromatic rings. The Labute approximate surface area is 196 Å². The van der Waals surface area contributed by atoms with Gasteiger partial charge in [0, 0.05) is 59.9 Å². The Bertz CT molecular complexity index is 1250. The van der Waals surface area contributed by atoms with Gasteiger partial charge in [-0.15, -0.1) is 11.3 Å². The highest BCUT2D eigenvalue weighted by Gasteiger charge is 2.19. The van der Waals surface area contributed by atoms with E-state index in [0.29, 0.717) is 17.9 Å². The molecule has 3 heterocycles. The summed E-state index contributed by atoms with van der Waals surface area (Å²) in [6, 6.07) is 18.1. The van der Waals surface area contributed by atoms with Crippen molar-refractivity contribution >= 4 is 54.9 Å². The zero-order valence-electron chi connectivity index (χ0n) is 17.7. The molecule has 1 saturated heterocycles. The summed E-state index contributed by atoms with van der Waals surface area (Å²) in [5.74, 6) is 0.660. The molecule has 0 N–H and O–H groups in total. The van der Waals surface area contributed by atoms with Crippen molar-refractivity contribution in [3.8, 4) is 5.75 Å². The van der Waals surface area contributed by atoms with Crippen molar-refractivity contribution in [2.75, 3.05) is 44.2 Å². The molecule has 5 rings (SSSR count). The minimum Gasteiger partial charge on any atom is -0.493 e. The zero-order valence-corrected chi connectivity index (χ0v) is 19.2.